The van der Waals surface area contributed by atoms with E-state index in [2.05, 4.69) is 32.0 Å². The Morgan fingerprint density at radius 3 is 2.75 bits per heavy atom. The van der Waals surface area contributed by atoms with Gasteiger partial charge in [0.15, 0.2) is 0 Å². The normalized spacial score (nSPS) is 29.6. The number of fused-ring (bicyclic) bond motifs is 1. The van der Waals surface area contributed by atoms with Crippen LogP contribution in [-0.4, -0.2) is 11.7 Å². The monoisotopic (exact) mass is 328 g/mol. The first-order valence-corrected chi connectivity index (χ1v) is 10.4. The van der Waals surface area contributed by atoms with Crippen molar-refractivity contribution in [3.63, 3.8) is 0 Å². The molecule has 24 heavy (non-hydrogen) atoms. The predicted octanol–water partition coefficient (Wildman–Crippen LogP) is 6.03. The van der Waals surface area contributed by atoms with Crippen LogP contribution in [0.5, 0.6) is 0 Å². The van der Waals surface area contributed by atoms with Gasteiger partial charge in [0, 0.05) is 6.61 Å². The van der Waals surface area contributed by atoms with Crippen LogP contribution in [0.15, 0.2) is 18.2 Å². The molecule has 0 saturated heterocycles. The van der Waals surface area contributed by atoms with Crippen LogP contribution in [0.1, 0.15) is 94.2 Å². The summed E-state index contributed by atoms with van der Waals surface area (Å²) in [5.74, 6) is 1.59. The summed E-state index contributed by atoms with van der Waals surface area (Å²) in [6, 6.07) is 7.33. The summed E-state index contributed by atoms with van der Waals surface area (Å²) in [6.07, 6.45) is 14.6. The summed E-state index contributed by atoms with van der Waals surface area (Å²) < 4.78 is 0. The molecule has 0 aliphatic heterocycles. The number of benzene rings is 1. The summed E-state index contributed by atoms with van der Waals surface area (Å²) >= 11 is 0. The van der Waals surface area contributed by atoms with Gasteiger partial charge in [0.25, 0.3) is 0 Å². The predicted molar refractivity (Wildman–Crippen MR) is 103 cm³/mol. The van der Waals surface area contributed by atoms with Crippen molar-refractivity contribution in [2.24, 2.45) is 11.3 Å². The lowest BCUT2D eigenvalue weighted by molar-refractivity contribution is 0.147. The molecule has 1 N–H and O–H groups in total. The summed E-state index contributed by atoms with van der Waals surface area (Å²) in [5, 5.41) is 9.62. The second-order valence-electron chi connectivity index (χ2n) is 8.89. The van der Waals surface area contributed by atoms with Gasteiger partial charge in [-0.1, -0.05) is 64.2 Å². The van der Waals surface area contributed by atoms with E-state index in [1.807, 2.05) is 0 Å². The molecule has 3 rings (SSSR count). The first-order valence-electron chi connectivity index (χ1n) is 10.4. The number of rotatable bonds is 7. The molecule has 1 aromatic carbocycles. The molecule has 134 valence electrons. The molecule has 2 aliphatic rings. The Morgan fingerprint density at radius 2 is 2.00 bits per heavy atom. The number of hydrogen-bond acceptors (Lipinski definition) is 1. The molecule has 0 bridgehead atoms. The van der Waals surface area contributed by atoms with E-state index >= 15 is 0 Å². The van der Waals surface area contributed by atoms with E-state index in [-0.39, 0.29) is 5.41 Å². The van der Waals surface area contributed by atoms with E-state index in [0.29, 0.717) is 12.5 Å². The fourth-order valence-corrected chi connectivity index (χ4v) is 4.96. The molecule has 2 aliphatic carbocycles. The fourth-order valence-electron chi connectivity index (χ4n) is 4.96. The van der Waals surface area contributed by atoms with Crippen molar-refractivity contribution in [3.8, 4) is 0 Å². The van der Waals surface area contributed by atoms with Gasteiger partial charge in [-0.05, 0) is 72.5 Å². The molecule has 0 heterocycles. The third-order valence-corrected chi connectivity index (χ3v) is 6.72. The minimum Gasteiger partial charge on any atom is -0.396 e. The maximum absolute atomic E-state index is 9.62. The summed E-state index contributed by atoms with van der Waals surface area (Å²) in [5.41, 5.74) is 4.93. The maximum atomic E-state index is 9.62. The lowest BCUT2D eigenvalue weighted by atomic mass is 9.79. The van der Waals surface area contributed by atoms with Gasteiger partial charge < -0.3 is 5.11 Å². The highest BCUT2D eigenvalue weighted by atomic mass is 16.3. The third kappa shape index (κ3) is 4.23. The van der Waals surface area contributed by atoms with Crippen LogP contribution >= 0.6 is 0 Å². The second kappa shape index (κ2) is 8.04. The van der Waals surface area contributed by atoms with Crippen LogP contribution in [0.4, 0.5) is 0 Å². The molecule has 1 heteroatoms. The minimum atomic E-state index is 0.157. The fraction of sp³-hybridized carbons (Fsp3) is 0.739. The standard InChI is InChI=1S/C23H36O/c1-3-4-5-6-7-18-8-9-20-15-21(11-10-19(20)14-18)22-12-13-23(2,16-22)17-24/h10-11,15,18,22,24H,3-9,12-14,16-17H2,1-2H3/t18-,22?,23+/m1/s1. The first kappa shape index (κ1) is 18.0. The number of aliphatic hydroxyl groups is 1. The SMILES string of the molecule is CCCCCC[C@@H]1CCc2cc(C3CC[C@](C)(CO)C3)ccc2C1. The van der Waals surface area contributed by atoms with Gasteiger partial charge in [-0.15, -0.1) is 0 Å². The smallest absolute Gasteiger partial charge is 0.0484 e. The van der Waals surface area contributed by atoms with Crippen LogP contribution in [-0.2, 0) is 12.8 Å². The van der Waals surface area contributed by atoms with E-state index in [9.17, 15) is 5.11 Å². The zero-order chi connectivity index (χ0) is 17.0. The van der Waals surface area contributed by atoms with Crippen molar-refractivity contribution in [2.75, 3.05) is 6.61 Å². The average Bonchev–Trinajstić information content (AvgIpc) is 3.01. The highest BCUT2D eigenvalue weighted by Crippen LogP contribution is 2.46. The molecule has 1 nitrogen and oxygen atoms in total. The summed E-state index contributed by atoms with van der Waals surface area (Å²) in [4.78, 5) is 0. The van der Waals surface area contributed by atoms with Crippen LogP contribution < -0.4 is 0 Å². The van der Waals surface area contributed by atoms with Crippen molar-refractivity contribution in [1.29, 1.82) is 0 Å². The largest absolute Gasteiger partial charge is 0.396 e. The highest BCUT2D eigenvalue weighted by Gasteiger charge is 2.35. The van der Waals surface area contributed by atoms with Gasteiger partial charge in [0.1, 0.15) is 0 Å². The van der Waals surface area contributed by atoms with Crippen molar-refractivity contribution in [3.05, 3.63) is 34.9 Å². The van der Waals surface area contributed by atoms with Crippen molar-refractivity contribution < 1.29 is 5.11 Å². The third-order valence-electron chi connectivity index (χ3n) is 6.72. The molecule has 0 amide bonds. The molecule has 0 radical (unpaired) electrons. The molecule has 3 atom stereocenters. The van der Waals surface area contributed by atoms with E-state index in [1.165, 1.54) is 69.8 Å². The van der Waals surface area contributed by atoms with Gasteiger partial charge in [0.05, 0.1) is 0 Å². The zero-order valence-corrected chi connectivity index (χ0v) is 15.8. The molecule has 1 saturated carbocycles. The van der Waals surface area contributed by atoms with Crippen LogP contribution in [0, 0.1) is 11.3 Å². The van der Waals surface area contributed by atoms with Gasteiger partial charge in [-0.2, -0.15) is 0 Å². The molecule has 1 fully saturated rings. The number of aliphatic hydroxyl groups excluding tert-OH is 1. The molecule has 0 aromatic heterocycles. The topological polar surface area (TPSA) is 20.2 Å². The first-order chi connectivity index (χ1) is 11.6. The van der Waals surface area contributed by atoms with Crippen molar-refractivity contribution in [1.82, 2.24) is 0 Å². The Balaban J connectivity index is 1.58. The summed E-state index contributed by atoms with van der Waals surface area (Å²) in [7, 11) is 0. The average molecular weight is 329 g/mol. The highest BCUT2D eigenvalue weighted by molar-refractivity contribution is 5.36. The Bertz CT molecular complexity index is 535. The van der Waals surface area contributed by atoms with Crippen LogP contribution in [0.3, 0.4) is 0 Å². The van der Waals surface area contributed by atoms with Crippen LogP contribution in [0.25, 0.3) is 0 Å². The molecule has 1 unspecified atom stereocenters. The zero-order valence-electron chi connectivity index (χ0n) is 15.8. The van der Waals surface area contributed by atoms with E-state index in [1.54, 1.807) is 11.1 Å². The van der Waals surface area contributed by atoms with E-state index < -0.39 is 0 Å². The molecule has 1 aromatic rings. The van der Waals surface area contributed by atoms with E-state index in [0.717, 1.165) is 12.3 Å². The Kier molecular flexibility index (Phi) is 6.02. The number of aryl methyl sites for hydroxylation is 1. The lowest BCUT2D eigenvalue weighted by Gasteiger charge is -2.26. The minimum absolute atomic E-state index is 0.157. The van der Waals surface area contributed by atoms with Gasteiger partial charge >= 0.3 is 0 Å². The number of hydrogen-bond donors (Lipinski definition) is 1. The quantitative estimate of drug-likeness (QED) is 0.606. The second-order valence-corrected chi connectivity index (χ2v) is 8.89. The Morgan fingerprint density at radius 1 is 1.12 bits per heavy atom. The number of unbranched alkanes of at least 4 members (excludes halogenated alkanes) is 3. The lowest BCUT2D eigenvalue weighted by Crippen LogP contribution is -2.17. The van der Waals surface area contributed by atoms with Crippen molar-refractivity contribution in [2.45, 2.75) is 90.4 Å². The van der Waals surface area contributed by atoms with Gasteiger partial charge in [-0.25, -0.2) is 0 Å². The van der Waals surface area contributed by atoms with Crippen molar-refractivity contribution >= 4 is 0 Å². The summed E-state index contributed by atoms with van der Waals surface area (Å²) in [6.45, 7) is 4.88. The Labute approximate surface area is 148 Å². The molecular weight excluding hydrogens is 292 g/mol. The van der Waals surface area contributed by atoms with Crippen LogP contribution in [0.2, 0.25) is 0 Å². The Hall–Kier alpha value is -0.820. The molecular formula is C23H36O. The molecule has 0 spiro atoms. The van der Waals surface area contributed by atoms with E-state index in [4.69, 9.17) is 0 Å². The van der Waals surface area contributed by atoms with Gasteiger partial charge in [0.2, 0.25) is 0 Å². The maximum Gasteiger partial charge on any atom is 0.0484 e. The van der Waals surface area contributed by atoms with Gasteiger partial charge in [-0.3, -0.25) is 0 Å².